The van der Waals surface area contributed by atoms with E-state index in [1.165, 1.54) is 77.9 Å². The lowest BCUT2D eigenvalue weighted by Gasteiger charge is -2.29. The van der Waals surface area contributed by atoms with E-state index >= 15 is 0 Å². The van der Waals surface area contributed by atoms with Gasteiger partial charge < -0.3 is 0 Å². The molecule has 0 amide bonds. The molecule has 0 N–H and O–H groups in total. The van der Waals surface area contributed by atoms with Crippen LogP contribution >= 0.6 is 63.7 Å². The first-order valence-electron chi connectivity index (χ1n) is 15.8. The highest BCUT2D eigenvalue weighted by Crippen LogP contribution is 2.54. The lowest BCUT2D eigenvalue weighted by Crippen LogP contribution is -2.22. The Morgan fingerprint density at radius 2 is 0.776 bits per heavy atom. The predicted octanol–water partition coefficient (Wildman–Crippen LogP) is 15.4. The van der Waals surface area contributed by atoms with E-state index < -0.39 is 0 Å². The average Bonchev–Trinajstić information content (AvgIpc) is 3.45. The summed E-state index contributed by atoms with van der Waals surface area (Å²) in [4.78, 5) is 0. The molecule has 0 spiro atoms. The number of halogens is 4. The third kappa shape index (κ3) is 6.84. The largest absolute Gasteiger partial charge is 0.0776 e. The highest BCUT2D eigenvalue weighted by atomic mass is 79.9. The van der Waals surface area contributed by atoms with Gasteiger partial charge in [0.15, 0.2) is 0 Å². The molecule has 49 heavy (non-hydrogen) atoms. The molecule has 6 aromatic rings. The van der Waals surface area contributed by atoms with E-state index in [-0.39, 0.29) is 20.3 Å². The first-order valence-corrected chi connectivity index (χ1v) is 19.0. The summed E-state index contributed by atoms with van der Waals surface area (Å²) in [5.41, 5.74) is 18.7. The fourth-order valence-electron chi connectivity index (χ4n) is 7.79. The van der Waals surface area contributed by atoms with E-state index in [0.29, 0.717) is 5.92 Å². The van der Waals surface area contributed by atoms with Gasteiger partial charge in [0.05, 0.1) is 0 Å². The van der Waals surface area contributed by atoms with Crippen LogP contribution in [0.25, 0.3) is 22.3 Å². The zero-order valence-corrected chi connectivity index (χ0v) is 33.3. The molecule has 0 radical (unpaired) electrons. The van der Waals surface area contributed by atoms with E-state index in [2.05, 4.69) is 208 Å². The molecule has 0 nitrogen and oxygen atoms in total. The Morgan fingerprint density at radius 1 is 0.429 bits per heavy atom. The van der Waals surface area contributed by atoms with Gasteiger partial charge in [-0.2, -0.15) is 0 Å². The van der Waals surface area contributed by atoms with Gasteiger partial charge in [-0.05, 0) is 139 Å². The van der Waals surface area contributed by atoms with Gasteiger partial charge in [-0.3, -0.25) is 0 Å². The molecule has 8 rings (SSSR count). The Bertz CT molecular complexity index is 2070. The molecule has 2 aliphatic rings. The van der Waals surface area contributed by atoms with E-state index in [1.54, 1.807) is 0 Å². The van der Waals surface area contributed by atoms with Crippen molar-refractivity contribution in [1.29, 1.82) is 0 Å². The Balaban J connectivity index is 0.000000184. The number of aryl methyl sites for hydroxylation is 4. The minimum atomic E-state index is -0.144. The second kappa shape index (κ2) is 14.5. The number of fused-ring (bicyclic) bond motifs is 6. The van der Waals surface area contributed by atoms with Crippen LogP contribution in [-0.2, 0) is 5.41 Å². The molecule has 0 atom stereocenters. The third-order valence-electron chi connectivity index (χ3n) is 9.65. The van der Waals surface area contributed by atoms with Gasteiger partial charge in [0.25, 0.3) is 0 Å². The van der Waals surface area contributed by atoms with Crippen LogP contribution in [-0.4, -0.2) is 0 Å². The van der Waals surface area contributed by atoms with Crippen LogP contribution in [0.15, 0.2) is 127 Å². The summed E-state index contributed by atoms with van der Waals surface area (Å²) >= 11 is 14.6. The van der Waals surface area contributed by atoms with Crippen molar-refractivity contribution in [2.24, 2.45) is 0 Å². The Hall–Kier alpha value is -2.76. The smallest absolute Gasteiger partial charge is 0.0436 e. The molecule has 0 heterocycles. The van der Waals surface area contributed by atoms with E-state index in [1.807, 2.05) is 0 Å². The number of rotatable bonds is 2. The molecular weight excluding hydrogens is 860 g/mol. The lowest BCUT2D eigenvalue weighted by molar-refractivity contribution is 0.711. The summed E-state index contributed by atoms with van der Waals surface area (Å²) in [6.07, 6.45) is 0. The maximum absolute atomic E-state index is 3.67. The van der Waals surface area contributed by atoms with Gasteiger partial charge in [0.2, 0.25) is 0 Å². The van der Waals surface area contributed by atoms with Gasteiger partial charge in [-0.25, -0.2) is 0 Å². The summed E-state index contributed by atoms with van der Waals surface area (Å²) in [5.74, 6) is 0.300. The van der Waals surface area contributed by atoms with Crippen molar-refractivity contribution in [2.75, 3.05) is 0 Å². The standard InChI is InChI=1S/C22H18Br2.C21H16Br2.2CH4/c1-13-8-14(2)10-15(9-13)22(3)20-11-16(23)4-6-18(20)19-7-5-17(24)12-21(19)22;1-12-7-13(2)9-14(8-12)21-19-10-15(22)3-5-17(19)18-6-4-16(23)11-20(18)21;;/h4-12H,1-3H3;3-11,21H,1-2H3;2*1H4. The molecule has 0 aliphatic heterocycles. The molecule has 250 valence electrons. The van der Waals surface area contributed by atoms with Crippen LogP contribution in [0.3, 0.4) is 0 Å². The molecule has 6 aromatic carbocycles. The fraction of sp³-hybridized carbons (Fsp3) is 0.200. The highest BCUT2D eigenvalue weighted by molar-refractivity contribution is 9.11. The normalized spacial score (nSPS) is 13.2. The Morgan fingerprint density at radius 3 is 1.18 bits per heavy atom. The van der Waals surface area contributed by atoms with Crippen molar-refractivity contribution >= 4 is 63.7 Å². The molecule has 0 unspecified atom stereocenters. The van der Waals surface area contributed by atoms with Crippen molar-refractivity contribution in [1.82, 2.24) is 0 Å². The number of benzene rings is 6. The van der Waals surface area contributed by atoms with Crippen molar-refractivity contribution in [3.63, 3.8) is 0 Å². The van der Waals surface area contributed by atoms with Gasteiger partial charge in [0.1, 0.15) is 0 Å². The van der Waals surface area contributed by atoms with Crippen LogP contribution in [0, 0.1) is 27.7 Å². The van der Waals surface area contributed by atoms with E-state index in [0.717, 1.165) is 17.9 Å². The van der Waals surface area contributed by atoms with Gasteiger partial charge in [-0.15, -0.1) is 0 Å². The van der Waals surface area contributed by atoms with Crippen LogP contribution < -0.4 is 0 Å². The molecule has 4 heteroatoms. The van der Waals surface area contributed by atoms with Crippen molar-refractivity contribution < 1.29 is 0 Å². The van der Waals surface area contributed by atoms with Crippen LogP contribution in [0.5, 0.6) is 0 Å². The maximum Gasteiger partial charge on any atom is 0.0436 e. The molecule has 0 saturated carbocycles. The van der Waals surface area contributed by atoms with Crippen LogP contribution in [0.2, 0.25) is 0 Å². The quantitative estimate of drug-likeness (QED) is 0.162. The van der Waals surface area contributed by atoms with E-state index in [9.17, 15) is 0 Å². The second-order valence-corrected chi connectivity index (χ2v) is 16.9. The van der Waals surface area contributed by atoms with Gasteiger partial charge >= 0.3 is 0 Å². The minimum absolute atomic E-state index is 0. The summed E-state index contributed by atoms with van der Waals surface area (Å²) in [7, 11) is 0. The average molecular weight is 902 g/mol. The Labute approximate surface area is 326 Å². The zero-order chi connectivity index (χ0) is 33.2. The van der Waals surface area contributed by atoms with Crippen LogP contribution in [0.1, 0.15) is 83.3 Å². The number of hydrogen-bond acceptors (Lipinski definition) is 0. The van der Waals surface area contributed by atoms with Gasteiger partial charge in [0, 0.05) is 29.2 Å². The zero-order valence-electron chi connectivity index (χ0n) is 27.0. The monoisotopic (exact) mass is 898 g/mol. The second-order valence-electron chi connectivity index (χ2n) is 13.2. The number of hydrogen-bond donors (Lipinski definition) is 0. The van der Waals surface area contributed by atoms with E-state index in [4.69, 9.17) is 0 Å². The molecule has 0 aromatic heterocycles. The van der Waals surface area contributed by atoms with Crippen molar-refractivity contribution in [3.05, 3.63) is 183 Å². The summed E-state index contributed by atoms with van der Waals surface area (Å²) in [6.45, 7) is 11.1. The molecule has 0 saturated heterocycles. The molecular formula is C45H42Br4. The SMILES string of the molecule is C.C.Cc1cc(C)cc(C2(C)c3cc(Br)ccc3-c3ccc(Br)cc32)c1.Cc1cc(C)cc(C2c3cc(Br)ccc3-c3ccc(Br)cc32)c1. The fourth-order valence-corrected chi connectivity index (χ4v) is 9.27. The maximum atomic E-state index is 3.67. The molecule has 2 aliphatic carbocycles. The first-order chi connectivity index (χ1) is 22.4. The van der Waals surface area contributed by atoms with Gasteiger partial charge in [-0.1, -0.05) is 161 Å². The van der Waals surface area contributed by atoms with Crippen LogP contribution in [0.4, 0.5) is 0 Å². The first kappa shape index (κ1) is 37.5. The highest BCUT2D eigenvalue weighted by Gasteiger charge is 2.41. The third-order valence-corrected chi connectivity index (χ3v) is 11.6. The van der Waals surface area contributed by atoms with Crippen molar-refractivity contribution in [2.45, 2.75) is 60.8 Å². The topological polar surface area (TPSA) is 0 Å². The summed E-state index contributed by atoms with van der Waals surface area (Å²) < 4.78 is 4.53. The minimum Gasteiger partial charge on any atom is -0.0776 e. The van der Waals surface area contributed by atoms with Crippen molar-refractivity contribution in [3.8, 4) is 22.3 Å². The summed E-state index contributed by atoms with van der Waals surface area (Å²) in [6, 6.07) is 40.3. The molecule has 0 fully saturated rings. The molecule has 0 bridgehead atoms. The predicted molar refractivity (Wildman–Crippen MR) is 226 cm³/mol. The summed E-state index contributed by atoms with van der Waals surface area (Å²) in [5, 5.41) is 0. The lowest BCUT2D eigenvalue weighted by atomic mass is 9.73. The Kier molecular flexibility index (Phi) is 11.1.